The molecule has 0 heterocycles. The first-order chi connectivity index (χ1) is 7.66. The Kier molecular flexibility index (Phi) is 3.45. The standard InChI is InChI=1S/C13H20O3/c1-13-7-6-11(14)8-10(13)4-3-5-12(13)16-9-15-2/h8,12H,3-7,9H2,1-2H3. The third-order valence-electron chi connectivity index (χ3n) is 3.97. The molecule has 0 N–H and O–H groups in total. The summed E-state index contributed by atoms with van der Waals surface area (Å²) in [6.07, 6.45) is 6.88. The molecule has 3 nitrogen and oxygen atoms in total. The summed E-state index contributed by atoms with van der Waals surface area (Å²) in [6, 6.07) is 0. The highest BCUT2D eigenvalue weighted by molar-refractivity contribution is 5.91. The molecule has 2 atom stereocenters. The first-order valence-corrected chi connectivity index (χ1v) is 6.01. The maximum atomic E-state index is 11.4. The van der Waals surface area contributed by atoms with Gasteiger partial charge >= 0.3 is 0 Å². The number of ketones is 1. The van der Waals surface area contributed by atoms with E-state index in [4.69, 9.17) is 9.47 Å². The van der Waals surface area contributed by atoms with Crippen LogP contribution in [0.1, 0.15) is 39.0 Å². The fourth-order valence-corrected chi connectivity index (χ4v) is 2.91. The van der Waals surface area contributed by atoms with Crippen LogP contribution < -0.4 is 0 Å². The zero-order valence-electron chi connectivity index (χ0n) is 10.1. The van der Waals surface area contributed by atoms with E-state index in [1.54, 1.807) is 7.11 Å². The lowest BCUT2D eigenvalue weighted by Gasteiger charge is -2.45. The van der Waals surface area contributed by atoms with Crippen molar-refractivity contribution < 1.29 is 14.3 Å². The summed E-state index contributed by atoms with van der Waals surface area (Å²) in [5, 5.41) is 0. The van der Waals surface area contributed by atoms with Crippen LogP contribution in [0.25, 0.3) is 0 Å². The Morgan fingerprint density at radius 3 is 3.06 bits per heavy atom. The van der Waals surface area contributed by atoms with Gasteiger partial charge in [0.05, 0.1) is 6.10 Å². The van der Waals surface area contributed by atoms with Crippen molar-refractivity contribution in [3.63, 3.8) is 0 Å². The van der Waals surface area contributed by atoms with Gasteiger partial charge in [-0.15, -0.1) is 0 Å². The van der Waals surface area contributed by atoms with Gasteiger partial charge in [0.15, 0.2) is 5.78 Å². The second-order valence-electron chi connectivity index (χ2n) is 5.01. The van der Waals surface area contributed by atoms with Gasteiger partial charge in [0.1, 0.15) is 6.79 Å². The van der Waals surface area contributed by atoms with E-state index in [-0.39, 0.29) is 17.3 Å². The van der Waals surface area contributed by atoms with Gasteiger partial charge in [0.25, 0.3) is 0 Å². The predicted octanol–water partition coefficient (Wildman–Crippen LogP) is 2.46. The lowest BCUT2D eigenvalue weighted by atomic mass is 9.64. The fraction of sp³-hybridized carbons (Fsp3) is 0.769. The van der Waals surface area contributed by atoms with Gasteiger partial charge in [-0.1, -0.05) is 12.5 Å². The van der Waals surface area contributed by atoms with Gasteiger partial charge in [-0.3, -0.25) is 4.79 Å². The molecule has 0 saturated heterocycles. The number of carbonyl (C=O) groups excluding carboxylic acids is 1. The normalized spacial score (nSPS) is 34.5. The third kappa shape index (κ3) is 2.06. The highest BCUT2D eigenvalue weighted by Crippen LogP contribution is 2.47. The highest BCUT2D eigenvalue weighted by Gasteiger charge is 2.43. The Balaban J connectivity index is 2.16. The number of rotatable bonds is 3. The molecule has 1 fully saturated rings. The molecule has 0 bridgehead atoms. The molecule has 0 aromatic rings. The van der Waals surface area contributed by atoms with Crippen LogP contribution in [0.15, 0.2) is 11.6 Å². The number of allylic oxidation sites excluding steroid dienone is 1. The number of hydrogen-bond donors (Lipinski definition) is 0. The summed E-state index contributed by atoms with van der Waals surface area (Å²) in [7, 11) is 1.65. The minimum atomic E-state index is 0.0602. The van der Waals surface area contributed by atoms with Gasteiger partial charge in [0.2, 0.25) is 0 Å². The molecule has 3 heteroatoms. The van der Waals surface area contributed by atoms with Gasteiger partial charge < -0.3 is 9.47 Å². The molecule has 0 aliphatic heterocycles. The van der Waals surface area contributed by atoms with Crippen LogP contribution in [-0.2, 0) is 14.3 Å². The molecule has 0 radical (unpaired) electrons. The lowest BCUT2D eigenvalue weighted by Crippen LogP contribution is -2.42. The number of carbonyl (C=O) groups is 1. The van der Waals surface area contributed by atoms with E-state index in [1.807, 2.05) is 6.08 Å². The lowest BCUT2D eigenvalue weighted by molar-refractivity contribution is -0.126. The van der Waals surface area contributed by atoms with Crippen molar-refractivity contribution in [1.29, 1.82) is 0 Å². The smallest absolute Gasteiger partial charge is 0.155 e. The molecule has 2 aliphatic carbocycles. The Morgan fingerprint density at radius 2 is 2.31 bits per heavy atom. The molecule has 2 unspecified atom stereocenters. The van der Waals surface area contributed by atoms with E-state index in [0.717, 1.165) is 25.7 Å². The third-order valence-corrected chi connectivity index (χ3v) is 3.97. The summed E-state index contributed by atoms with van der Waals surface area (Å²) in [4.78, 5) is 11.4. The van der Waals surface area contributed by atoms with E-state index in [9.17, 15) is 4.79 Å². The fourth-order valence-electron chi connectivity index (χ4n) is 2.91. The second-order valence-corrected chi connectivity index (χ2v) is 5.01. The largest absolute Gasteiger partial charge is 0.359 e. The van der Waals surface area contributed by atoms with Crippen molar-refractivity contribution in [1.82, 2.24) is 0 Å². The van der Waals surface area contributed by atoms with Gasteiger partial charge in [-0.25, -0.2) is 0 Å². The van der Waals surface area contributed by atoms with Crippen molar-refractivity contribution in [3.8, 4) is 0 Å². The van der Waals surface area contributed by atoms with Crippen LogP contribution in [0.3, 0.4) is 0 Å². The zero-order valence-corrected chi connectivity index (χ0v) is 10.1. The van der Waals surface area contributed by atoms with Crippen molar-refractivity contribution in [3.05, 3.63) is 11.6 Å². The molecule has 90 valence electrons. The molecule has 2 aliphatic rings. The van der Waals surface area contributed by atoms with Gasteiger partial charge in [0, 0.05) is 18.9 Å². The monoisotopic (exact) mass is 224 g/mol. The van der Waals surface area contributed by atoms with Crippen LogP contribution in [-0.4, -0.2) is 25.8 Å². The number of hydrogen-bond acceptors (Lipinski definition) is 3. The van der Waals surface area contributed by atoms with E-state index < -0.39 is 0 Å². The Morgan fingerprint density at radius 1 is 1.50 bits per heavy atom. The summed E-state index contributed by atoms with van der Waals surface area (Å²) in [6.45, 7) is 2.58. The maximum Gasteiger partial charge on any atom is 0.155 e. The Bertz CT molecular complexity index is 308. The summed E-state index contributed by atoms with van der Waals surface area (Å²) in [5.41, 5.74) is 1.35. The number of fused-ring (bicyclic) bond motifs is 1. The topological polar surface area (TPSA) is 35.5 Å². The van der Waals surface area contributed by atoms with E-state index >= 15 is 0 Å². The van der Waals surface area contributed by atoms with Crippen molar-refractivity contribution in [2.24, 2.45) is 5.41 Å². The maximum absolute atomic E-state index is 11.4. The quantitative estimate of drug-likeness (QED) is 0.691. The molecule has 2 rings (SSSR count). The molecule has 1 saturated carbocycles. The zero-order chi connectivity index (χ0) is 11.6. The summed E-state index contributed by atoms with van der Waals surface area (Å²) in [5.74, 6) is 0.278. The SMILES string of the molecule is COCOC1CCCC2=CC(=O)CCC21C. The minimum Gasteiger partial charge on any atom is -0.359 e. The average molecular weight is 224 g/mol. The van der Waals surface area contributed by atoms with Gasteiger partial charge in [-0.2, -0.15) is 0 Å². The number of methoxy groups -OCH3 is 1. The Labute approximate surface area is 96.8 Å². The molecule has 0 aromatic heterocycles. The van der Waals surface area contributed by atoms with Crippen LogP contribution in [0.2, 0.25) is 0 Å². The van der Waals surface area contributed by atoms with E-state index in [0.29, 0.717) is 13.2 Å². The van der Waals surface area contributed by atoms with Crippen LogP contribution in [0.4, 0.5) is 0 Å². The molecule has 0 spiro atoms. The Hall–Kier alpha value is -0.670. The molecule has 0 aromatic carbocycles. The number of ether oxygens (including phenoxy) is 2. The minimum absolute atomic E-state index is 0.0602. The van der Waals surface area contributed by atoms with Crippen molar-refractivity contribution in [2.75, 3.05) is 13.9 Å². The van der Waals surface area contributed by atoms with E-state index in [1.165, 1.54) is 5.57 Å². The van der Waals surface area contributed by atoms with Crippen molar-refractivity contribution in [2.45, 2.75) is 45.1 Å². The highest BCUT2D eigenvalue weighted by atomic mass is 16.7. The molecule has 0 amide bonds. The van der Waals surface area contributed by atoms with Crippen LogP contribution in [0.5, 0.6) is 0 Å². The first kappa shape index (κ1) is 11.8. The summed E-state index contributed by atoms with van der Waals surface area (Å²) >= 11 is 0. The average Bonchev–Trinajstić information content (AvgIpc) is 2.27. The van der Waals surface area contributed by atoms with Crippen LogP contribution >= 0.6 is 0 Å². The summed E-state index contributed by atoms with van der Waals surface area (Å²) < 4.78 is 10.7. The molecular weight excluding hydrogens is 204 g/mol. The van der Waals surface area contributed by atoms with Gasteiger partial charge in [-0.05, 0) is 31.8 Å². The predicted molar refractivity (Wildman–Crippen MR) is 61.0 cm³/mol. The molecular formula is C13H20O3. The van der Waals surface area contributed by atoms with Crippen molar-refractivity contribution >= 4 is 5.78 Å². The molecule has 16 heavy (non-hydrogen) atoms. The van der Waals surface area contributed by atoms with E-state index in [2.05, 4.69) is 6.92 Å². The first-order valence-electron chi connectivity index (χ1n) is 6.01. The second kappa shape index (κ2) is 4.68. The van der Waals surface area contributed by atoms with Crippen LogP contribution in [0, 0.1) is 5.41 Å².